The van der Waals surface area contributed by atoms with Crippen LogP contribution in [0.15, 0.2) is 58.6 Å². The smallest absolute Gasteiger partial charge is 0.265 e. The number of aliphatic hydroxyl groups is 1. The molecule has 1 atom stereocenters. The third-order valence-corrected chi connectivity index (χ3v) is 4.62. The van der Waals surface area contributed by atoms with Gasteiger partial charge in [-0.25, -0.2) is 10.8 Å². The third-order valence-electron chi connectivity index (χ3n) is 4.62. The lowest BCUT2D eigenvalue weighted by Crippen LogP contribution is -2.50. The molecule has 30 heavy (non-hydrogen) atoms. The van der Waals surface area contributed by atoms with E-state index in [2.05, 4.69) is 20.4 Å². The number of amides is 1. The van der Waals surface area contributed by atoms with Crippen molar-refractivity contribution >= 4 is 17.5 Å². The maximum Gasteiger partial charge on any atom is 0.265 e. The minimum absolute atomic E-state index is 0.00921. The lowest BCUT2D eigenvalue weighted by molar-refractivity contribution is -0.126. The van der Waals surface area contributed by atoms with E-state index in [1.54, 1.807) is 48.5 Å². The summed E-state index contributed by atoms with van der Waals surface area (Å²) in [5.41, 5.74) is 11.4. The van der Waals surface area contributed by atoms with Gasteiger partial charge >= 0.3 is 0 Å². The molecule has 1 aliphatic rings. The molecule has 2 aromatic carbocycles. The minimum Gasteiger partial charge on any atom is -0.494 e. The summed E-state index contributed by atoms with van der Waals surface area (Å²) in [6, 6.07) is 14.0. The van der Waals surface area contributed by atoms with Crippen LogP contribution in [0.25, 0.3) is 10.4 Å². The van der Waals surface area contributed by atoms with Crippen molar-refractivity contribution in [2.75, 3.05) is 19.8 Å². The van der Waals surface area contributed by atoms with E-state index in [9.17, 15) is 4.79 Å². The molecule has 2 aromatic rings. The van der Waals surface area contributed by atoms with E-state index >= 15 is 0 Å². The number of ether oxygens (including phenoxy) is 2. The van der Waals surface area contributed by atoms with Crippen molar-refractivity contribution in [3.63, 3.8) is 0 Å². The summed E-state index contributed by atoms with van der Waals surface area (Å²) in [5.74, 6) is 5.87. The number of rotatable bonds is 9. The molecular formula is C20H22N6O4. The Morgan fingerprint density at radius 1 is 1.33 bits per heavy atom. The Bertz CT molecular complexity index is 972. The summed E-state index contributed by atoms with van der Waals surface area (Å²) in [5, 5.41) is 12.5. The first-order valence-electron chi connectivity index (χ1n) is 9.32. The van der Waals surface area contributed by atoms with E-state index in [0.29, 0.717) is 41.5 Å². The van der Waals surface area contributed by atoms with Gasteiger partial charge in [0.25, 0.3) is 5.91 Å². The predicted molar refractivity (Wildman–Crippen MR) is 110 cm³/mol. The molecule has 1 heterocycles. The normalized spacial score (nSPS) is 17.5. The lowest BCUT2D eigenvalue weighted by atomic mass is 9.91. The van der Waals surface area contributed by atoms with Gasteiger partial charge in [-0.15, -0.1) is 0 Å². The monoisotopic (exact) mass is 410 g/mol. The zero-order valence-corrected chi connectivity index (χ0v) is 16.2. The van der Waals surface area contributed by atoms with Gasteiger partial charge in [-0.1, -0.05) is 29.4 Å². The standard InChI is InChI=1S/C20H22N6O4/c21-24-19(28)20(12-15-4-1-2-5-17(15)25-26-22)13-30-18(23-20)14-6-8-16(9-7-14)29-11-3-10-27/h1-2,4-9,27H,3,10-13,21H2,(H,24,28)/t20-/m0/s1. The van der Waals surface area contributed by atoms with Crippen LogP contribution in [0.1, 0.15) is 17.5 Å². The van der Waals surface area contributed by atoms with Crippen molar-refractivity contribution in [2.24, 2.45) is 15.9 Å². The highest BCUT2D eigenvalue weighted by Gasteiger charge is 2.44. The molecule has 0 bridgehead atoms. The maximum absolute atomic E-state index is 12.6. The van der Waals surface area contributed by atoms with E-state index < -0.39 is 11.4 Å². The molecule has 10 nitrogen and oxygen atoms in total. The molecule has 1 amide bonds. The van der Waals surface area contributed by atoms with Gasteiger partial charge in [0.15, 0.2) is 5.54 Å². The number of nitrogens with zero attached hydrogens (tertiary/aromatic N) is 4. The number of carbonyl (C=O) groups is 1. The Morgan fingerprint density at radius 2 is 2.10 bits per heavy atom. The Labute approximate surface area is 172 Å². The zero-order valence-electron chi connectivity index (χ0n) is 16.2. The molecule has 0 aliphatic carbocycles. The first-order valence-corrected chi connectivity index (χ1v) is 9.32. The highest BCUT2D eigenvalue weighted by Crippen LogP contribution is 2.31. The number of azide groups is 1. The first-order chi connectivity index (χ1) is 14.6. The largest absolute Gasteiger partial charge is 0.494 e. The summed E-state index contributed by atoms with van der Waals surface area (Å²) < 4.78 is 11.3. The number of carbonyl (C=O) groups excluding carboxylic acids is 1. The highest BCUT2D eigenvalue weighted by atomic mass is 16.5. The SMILES string of the molecule is [N-]=[N+]=Nc1ccccc1C[C@@]1(C(=O)NN)COC(c2ccc(OCCCO)cc2)=N1. The van der Waals surface area contributed by atoms with Crippen molar-refractivity contribution < 1.29 is 19.4 Å². The van der Waals surface area contributed by atoms with Crippen molar-refractivity contribution in [3.8, 4) is 5.75 Å². The van der Waals surface area contributed by atoms with E-state index in [-0.39, 0.29) is 19.6 Å². The zero-order chi connectivity index (χ0) is 21.4. The summed E-state index contributed by atoms with van der Waals surface area (Å²) >= 11 is 0. The van der Waals surface area contributed by atoms with Gasteiger partial charge in [0.2, 0.25) is 5.90 Å². The third kappa shape index (κ3) is 4.69. The van der Waals surface area contributed by atoms with E-state index in [4.69, 9.17) is 26.0 Å². The molecule has 10 heteroatoms. The fourth-order valence-electron chi connectivity index (χ4n) is 3.09. The van der Waals surface area contributed by atoms with Gasteiger partial charge in [-0.2, -0.15) is 0 Å². The number of hydrogen-bond donors (Lipinski definition) is 3. The van der Waals surface area contributed by atoms with E-state index in [0.717, 1.165) is 0 Å². The fraction of sp³-hybridized carbons (Fsp3) is 0.300. The molecule has 0 fully saturated rings. The Kier molecular flexibility index (Phi) is 6.87. The molecule has 156 valence electrons. The van der Waals surface area contributed by atoms with Gasteiger partial charge in [-0.3, -0.25) is 10.2 Å². The van der Waals surface area contributed by atoms with Crippen molar-refractivity contribution in [1.82, 2.24) is 5.43 Å². The number of nitrogens with one attached hydrogen (secondary N) is 1. The van der Waals surface area contributed by atoms with Gasteiger partial charge in [0.1, 0.15) is 12.4 Å². The Morgan fingerprint density at radius 3 is 2.80 bits per heavy atom. The Balaban J connectivity index is 1.86. The maximum atomic E-state index is 12.6. The van der Waals surface area contributed by atoms with Crippen LogP contribution in [0.4, 0.5) is 5.69 Å². The van der Waals surface area contributed by atoms with Crippen molar-refractivity contribution in [1.29, 1.82) is 0 Å². The average Bonchev–Trinajstić information content (AvgIpc) is 3.20. The molecule has 4 N–H and O–H groups in total. The summed E-state index contributed by atoms with van der Waals surface area (Å²) in [6.45, 7) is 0.471. The molecule has 3 rings (SSSR count). The first kappa shape index (κ1) is 21.1. The summed E-state index contributed by atoms with van der Waals surface area (Å²) in [7, 11) is 0. The van der Waals surface area contributed by atoms with E-state index in [1.807, 2.05) is 0 Å². The molecule has 0 aromatic heterocycles. The van der Waals surface area contributed by atoms with Crippen LogP contribution in [0.5, 0.6) is 5.75 Å². The topological polar surface area (TPSA) is 155 Å². The lowest BCUT2D eigenvalue weighted by Gasteiger charge is -2.22. The van der Waals surface area contributed by atoms with Gasteiger partial charge in [0.05, 0.1) is 6.61 Å². The fourth-order valence-corrected chi connectivity index (χ4v) is 3.09. The van der Waals surface area contributed by atoms with Crippen LogP contribution in [0, 0.1) is 0 Å². The number of benzene rings is 2. The van der Waals surface area contributed by atoms with Crippen LogP contribution in [0.2, 0.25) is 0 Å². The van der Waals surface area contributed by atoms with Crippen molar-refractivity contribution in [2.45, 2.75) is 18.4 Å². The molecule has 1 aliphatic heterocycles. The quantitative estimate of drug-likeness (QED) is 0.110. The van der Waals surface area contributed by atoms with E-state index in [1.165, 1.54) is 0 Å². The highest BCUT2D eigenvalue weighted by molar-refractivity contribution is 6.00. The molecule has 0 spiro atoms. The van der Waals surface area contributed by atoms with Crippen LogP contribution in [-0.4, -0.2) is 42.3 Å². The second-order valence-electron chi connectivity index (χ2n) is 6.66. The summed E-state index contributed by atoms with van der Waals surface area (Å²) in [4.78, 5) is 20.0. The van der Waals surface area contributed by atoms with Gasteiger partial charge in [-0.05, 0) is 35.4 Å². The molecule has 0 radical (unpaired) electrons. The number of aliphatic hydroxyl groups excluding tert-OH is 1. The second-order valence-corrected chi connectivity index (χ2v) is 6.66. The van der Waals surface area contributed by atoms with Crippen LogP contribution >= 0.6 is 0 Å². The number of hydrazine groups is 1. The van der Waals surface area contributed by atoms with Gasteiger partial charge in [0, 0.05) is 35.6 Å². The van der Waals surface area contributed by atoms with Crippen LogP contribution in [-0.2, 0) is 16.0 Å². The Hall–Kier alpha value is -3.59. The second kappa shape index (κ2) is 9.75. The molecular weight excluding hydrogens is 388 g/mol. The predicted octanol–water partition coefficient (Wildman–Crippen LogP) is 2.14. The number of nitrogens with two attached hydrogens (primary N) is 1. The van der Waals surface area contributed by atoms with Gasteiger partial charge < -0.3 is 14.6 Å². The average molecular weight is 410 g/mol. The molecule has 0 saturated heterocycles. The van der Waals surface area contributed by atoms with Crippen LogP contribution in [0.3, 0.4) is 0 Å². The summed E-state index contributed by atoms with van der Waals surface area (Å²) in [6.07, 6.45) is 0.697. The minimum atomic E-state index is -1.29. The number of aliphatic imine (C=N–C) groups is 1. The van der Waals surface area contributed by atoms with Crippen LogP contribution < -0.4 is 16.0 Å². The number of hydrogen-bond acceptors (Lipinski definition) is 7. The molecule has 0 unspecified atom stereocenters. The van der Waals surface area contributed by atoms with Crippen molar-refractivity contribution in [3.05, 3.63) is 70.1 Å². The molecule has 0 saturated carbocycles.